The third kappa shape index (κ3) is 8.87. The minimum absolute atomic E-state index is 0.00621. The van der Waals surface area contributed by atoms with Gasteiger partial charge in [0.15, 0.2) is 18.3 Å². The van der Waals surface area contributed by atoms with E-state index in [0.29, 0.717) is 44.3 Å². The highest BCUT2D eigenvalue weighted by molar-refractivity contribution is 5.68. The van der Waals surface area contributed by atoms with E-state index in [1.54, 1.807) is 19.1 Å². The smallest absolute Gasteiger partial charge is 0.410 e. The molecule has 0 unspecified atom stereocenters. The number of carbonyl (C=O) groups is 1. The van der Waals surface area contributed by atoms with E-state index in [0.717, 1.165) is 41.7 Å². The van der Waals surface area contributed by atoms with E-state index in [1.165, 1.54) is 0 Å². The van der Waals surface area contributed by atoms with E-state index in [4.69, 9.17) is 28.4 Å². The fraction of sp³-hybridized carbons (Fsp3) is 0.424. The number of aryl methyl sites for hydroxylation is 2. The molecule has 4 rings (SSSR count). The molecule has 1 aliphatic heterocycles. The first-order chi connectivity index (χ1) is 20.1. The van der Waals surface area contributed by atoms with Gasteiger partial charge in [-0.25, -0.2) is 4.79 Å². The molecule has 0 radical (unpaired) electrons. The quantitative estimate of drug-likeness (QED) is 0.209. The average Bonchev–Trinajstić information content (AvgIpc) is 3.42. The van der Waals surface area contributed by atoms with E-state index < -0.39 is 0 Å². The molecule has 2 atom stereocenters. The van der Waals surface area contributed by atoms with Crippen molar-refractivity contribution in [2.24, 2.45) is 0 Å². The molecule has 1 heterocycles. The van der Waals surface area contributed by atoms with Gasteiger partial charge >= 0.3 is 6.09 Å². The second-order valence-electron chi connectivity index (χ2n) is 9.94. The summed E-state index contributed by atoms with van der Waals surface area (Å²) in [6, 6.07) is 24.1. The lowest BCUT2D eigenvalue weighted by Gasteiger charge is -2.23. The molecule has 1 saturated heterocycles. The largest absolute Gasteiger partial charge is 0.493 e. The molecular formula is C33H41NO7. The zero-order chi connectivity index (χ0) is 28.9. The van der Waals surface area contributed by atoms with Crippen molar-refractivity contribution in [1.29, 1.82) is 0 Å². The van der Waals surface area contributed by atoms with Gasteiger partial charge in [-0.2, -0.15) is 0 Å². The van der Waals surface area contributed by atoms with E-state index in [9.17, 15) is 4.79 Å². The van der Waals surface area contributed by atoms with Crippen LogP contribution in [0.25, 0.3) is 0 Å². The summed E-state index contributed by atoms with van der Waals surface area (Å²) in [6.45, 7) is 3.87. The van der Waals surface area contributed by atoms with Gasteiger partial charge in [0.25, 0.3) is 0 Å². The first-order valence-corrected chi connectivity index (χ1v) is 14.2. The number of ether oxygens (including phenoxy) is 6. The van der Waals surface area contributed by atoms with Gasteiger partial charge in [0.1, 0.15) is 5.75 Å². The number of amides is 1. The van der Waals surface area contributed by atoms with Crippen LogP contribution in [0.15, 0.2) is 72.8 Å². The SMILES string of the molecule is CCOC(=O)N1C[C@H](OCc2ccccc2)C[C@H]1CCOc1ccccc1CCc1ccc(OCOC)c(OC)c1. The van der Waals surface area contributed by atoms with Crippen LogP contribution in [0.2, 0.25) is 0 Å². The number of benzene rings is 3. The number of hydrogen-bond acceptors (Lipinski definition) is 7. The van der Waals surface area contributed by atoms with Crippen molar-refractivity contribution in [2.45, 2.75) is 51.4 Å². The van der Waals surface area contributed by atoms with Gasteiger partial charge in [0, 0.05) is 19.6 Å². The minimum Gasteiger partial charge on any atom is -0.493 e. The fourth-order valence-corrected chi connectivity index (χ4v) is 5.03. The Morgan fingerprint density at radius 2 is 1.68 bits per heavy atom. The zero-order valence-electron chi connectivity index (χ0n) is 24.3. The molecule has 0 spiro atoms. The van der Waals surface area contributed by atoms with Crippen molar-refractivity contribution < 1.29 is 33.2 Å². The number of carbonyl (C=O) groups excluding carboxylic acids is 1. The number of rotatable bonds is 15. The summed E-state index contributed by atoms with van der Waals surface area (Å²) in [4.78, 5) is 14.5. The lowest BCUT2D eigenvalue weighted by atomic mass is 10.0. The summed E-state index contributed by atoms with van der Waals surface area (Å²) in [5, 5.41) is 0. The summed E-state index contributed by atoms with van der Waals surface area (Å²) >= 11 is 0. The van der Waals surface area contributed by atoms with Crippen LogP contribution in [0, 0.1) is 0 Å². The number of nitrogens with zero attached hydrogens (tertiary/aromatic N) is 1. The molecule has 0 aromatic heterocycles. The second-order valence-corrected chi connectivity index (χ2v) is 9.94. The standard InChI is InChI=1S/C33H41NO7/c1-4-38-33(35)34-22-29(40-23-26-10-6-5-7-11-26)21-28(34)18-19-39-30-13-9-8-12-27(30)16-14-25-15-17-31(41-24-36-2)32(20-25)37-3/h5-13,15,17,20,28-29H,4,14,16,18-19,21-24H2,1-3H3/t28-,29-/m1/s1. The molecule has 0 N–H and O–H groups in total. The van der Waals surface area contributed by atoms with Crippen molar-refractivity contribution in [3.63, 3.8) is 0 Å². The number of likely N-dealkylation sites (tertiary alicyclic amines) is 1. The van der Waals surface area contributed by atoms with Crippen LogP contribution in [-0.2, 0) is 33.7 Å². The van der Waals surface area contributed by atoms with Crippen molar-refractivity contribution in [2.75, 3.05) is 40.8 Å². The van der Waals surface area contributed by atoms with Gasteiger partial charge in [-0.1, -0.05) is 54.6 Å². The molecule has 1 amide bonds. The van der Waals surface area contributed by atoms with Crippen molar-refractivity contribution in [1.82, 2.24) is 4.90 Å². The monoisotopic (exact) mass is 563 g/mol. The highest BCUT2D eigenvalue weighted by Crippen LogP contribution is 2.30. The third-order valence-electron chi connectivity index (χ3n) is 7.13. The third-order valence-corrected chi connectivity index (χ3v) is 7.13. The van der Waals surface area contributed by atoms with E-state index in [1.807, 2.05) is 73.7 Å². The second kappa shape index (κ2) is 15.9. The van der Waals surface area contributed by atoms with Gasteiger partial charge in [0.05, 0.1) is 39.6 Å². The first kappa shape index (κ1) is 30.2. The van der Waals surface area contributed by atoms with Crippen LogP contribution in [0.5, 0.6) is 17.2 Å². The van der Waals surface area contributed by atoms with E-state index in [2.05, 4.69) is 6.07 Å². The predicted octanol–water partition coefficient (Wildman–Crippen LogP) is 6.05. The van der Waals surface area contributed by atoms with Gasteiger partial charge in [-0.05, 0) is 61.1 Å². The van der Waals surface area contributed by atoms with Gasteiger partial charge in [-0.15, -0.1) is 0 Å². The first-order valence-electron chi connectivity index (χ1n) is 14.2. The van der Waals surface area contributed by atoms with Crippen LogP contribution in [0.1, 0.15) is 36.5 Å². The number of methoxy groups -OCH3 is 2. The van der Waals surface area contributed by atoms with Crippen molar-refractivity contribution >= 4 is 6.09 Å². The Morgan fingerprint density at radius 1 is 0.878 bits per heavy atom. The normalized spacial score (nSPS) is 16.4. The molecule has 0 saturated carbocycles. The Bertz CT molecular complexity index is 1220. The van der Waals surface area contributed by atoms with Crippen LogP contribution < -0.4 is 14.2 Å². The average molecular weight is 564 g/mol. The molecule has 3 aromatic carbocycles. The molecule has 8 heteroatoms. The number of para-hydroxylation sites is 1. The Kier molecular flexibility index (Phi) is 11.7. The molecule has 41 heavy (non-hydrogen) atoms. The molecule has 0 aliphatic carbocycles. The molecule has 3 aromatic rings. The molecule has 8 nitrogen and oxygen atoms in total. The molecule has 1 aliphatic rings. The summed E-state index contributed by atoms with van der Waals surface area (Å²) in [5.41, 5.74) is 3.38. The maximum Gasteiger partial charge on any atom is 0.410 e. The lowest BCUT2D eigenvalue weighted by Crippen LogP contribution is -2.37. The highest BCUT2D eigenvalue weighted by atomic mass is 16.7. The Labute approximate surface area is 243 Å². The molecule has 0 bridgehead atoms. The van der Waals surface area contributed by atoms with Gasteiger partial charge in [0.2, 0.25) is 0 Å². The highest BCUT2D eigenvalue weighted by Gasteiger charge is 2.36. The van der Waals surface area contributed by atoms with Crippen LogP contribution in [-0.4, -0.2) is 63.9 Å². The summed E-state index contributed by atoms with van der Waals surface area (Å²) in [6.07, 6.45) is 2.74. The molecular weight excluding hydrogens is 522 g/mol. The fourth-order valence-electron chi connectivity index (χ4n) is 5.03. The Hall–Kier alpha value is -3.75. The maximum atomic E-state index is 12.7. The molecule has 220 valence electrons. The minimum atomic E-state index is -0.294. The van der Waals surface area contributed by atoms with Crippen LogP contribution in [0.4, 0.5) is 4.79 Å². The lowest BCUT2D eigenvalue weighted by molar-refractivity contribution is 0.0442. The van der Waals surface area contributed by atoms with Gasteiger partial charge < -0.3 is 33.3 Å². The zero-order valence-corrected chi connectivity index (χ0v) is 24.3. The Balaban J connectivity index is 1.32. The topological polar surface area (TPSA) is 75.7 Å². The van der Waals surface area contributed by atoms with Gasteiger partial charge in [-0.3, -0.25) is 0 Å². The maximum absolute atomic E-state index is 12.7. The van der Waals surface area contributed by atoms with Crippen LogP contribution in [0.3, 0.4) is 0 Å². The van der Waals surface area contributed by atoms with Crippen molar-refractivity contribution in [3.8, 4) is 17.2 Å². The summed E-state index contributed by atoms with van der Waals surface area (Å²) < 4.78 is 33.8. The van der Waals surface area contributed by atoms with E-state index in [-0.39, 0.29) is 25.0 Å². The Morgan fingerprint density at radius 3 is 2.46 bits per heavy atom. The van der Waals surface area contributed by atoms with Crippen LogP contribution >= 0.6 is 0 Å². The molecule has 1 fully saturated rings. The van der Waals surface area contributed by atoms with Crippen molar-refractivity contribution in [3.05, 3.63) is 89.5 Å². The predicted molar refractivity (Wildman–Crippen MR) is 157 cm³/mol. The number of hydrogen-bond donors (Lipinski definition) is 0. The summed E-state index contributed by atoms with van der Waals surface area (Å²) in [5.74, 6) is 2.19. The van der Waals surface area contributed by atoms with E-state index >= 15 is 0 Å². The summed E-state index contributed by atoms with van der Waals surface area (Å²) in [7, 11) is 3.22.